The highest BCUT2D eigenvalue weighted by Crippen LogP contribution is 2.29. The molecule has 1 aromatic heterocycles. The van der Waals surface area contributed by atoms with Crippen molar-refractivity contribution in [3.05, 3.63) is 101 Å². The summed E-state index contributed by atoms with van der Waals surface area (Å²) in [6.45, 7) is 2.47. The van der Waals surface area contributed by atoms with Crippen molar-refractivity contribution in [3.8, 4) is 11.1 Å². The lowest BCUT2D eigenvalue weighted by Crippen LogP contribution is -1.98. The minimum atomic E-state index is 0.255. The maximum absolute atomic E-state index is 9.08. The van der Waals surface area contributed by atoms with Gasteiger partial charge in [0.15, 0.2) is 0 Å². The Kier molecular flexibility index (Phi) is 6.02. The number of benzene rings is 3. The normalized spacial score (nSPS) is 11.1. The van der Waals surface area contributed by atoms with E-state index in [2.05, 4.69) is 79.7 Å². The molecular formula is C27H27NO. The van der Waals surface area contributed by atoms with Gasteiger partial charge in [-0.05, 0) is 72.1 Å². The Morgan fingerprint density at radius 1 is 0.759 bits per heavy atom. The molecular weight excluding hydrogens is 354 g/mol. The molecule has 0 unspecified atom stereocenters. The van der Waals surface area contributed by atoms with Crippen molar-refractivity contribution >= 4 is 10.9 Å². The van der Waals surface area contributed by atoms with Crippen LogP contribution in [-0.2, 0) is 12.8 Å². The van der Waals surface area contributed by atoms with Crippen molar-refractivity contribution in [2.24, 2.45) is 0 Å². The first-order valence-electron chi connectivity index (χ1n) is 10.4. The molecule has 0 fully saturated rings. The number of nitrogens with zero attached hydrogens (tertiary/aromatic N) is 1. The first-order chi connectivity index (χ1) is 14.3. The van der Waals surface area contributed by atoms with Gasteiger partial charge in [-0.15, -0.1) is 0 Å². The summed E-state index contributed by atoms with van der Waals surface area (Å²) in [7, 11) is 0. The molecule has 0 aliphatic rings. The van der Waals surface area contributed by atoms with E-state index in [1.54, 1.807) is 0 Å². The van der Waals surface area contributed by atoms with E-state index in [9.17, 15) is 0 Å². The number of aliphatic hydroxyl groups excluding tert-OH is 1. The lowest BCUT2D eigenvalue weighted by Gasteiger charge is -2.14. The monoisotopic (exact) mass is 381 g/mol. The number of rotatable bonds is 7. The van der Waals surface area contributed by atoms with Gasteiger partial charge >= 0.3 is 0 Å². The van der Waals surface area contributed by atoms with E-state index in [4.69, 9.17) is 10.1 Å². The molecule has 146 valence electrons. The van der Waals surface area contributed by atoms with Gasteiger partial charge in [-0.1, -0.05) is 66.7 Å². The summed E-state index contributed by atoms with van der Waals surface area (Å²) in [5, 5.41) is 10.3. The molecule has 3 aromatic carbocycles. The third-order valence-corrected chi connectivity index (χ3v) is 5.71. The Morgan fingerprint density at radius 2 is 1.55 bits per heavy atom. The van der Waals surface area contributed by atoms with Gasteiger partial charge in [-0.3, -0.25) is 4.98 Å². The fourth-order valence-corrected chi connectivity index (χ4v) is 4.09. The third-order valence-electron chi connectivity index (χ3n) is 5.71. The number of para-hydroxylation sites is 1. The predicted molar refractivity (Wildman–Crippen MR) is 121 cm³/mol. The summed E-state index contributed by atoms with van der Waals surface area (Å²) in [5.74, 6) is 0. The number of aliphatic hydroxyl groups is 1. The van der Waals surface area contributed by atoms with Crippen molar-refractivity contribution in [1.82, 2.24) is 4.98 Å². The van der Waals surface area contributed by atoms with Crippen LogP contribution in [0.25, 0.3) is 22.0 Å². The van der Waals surface area contributed by atoms with Crippen molar-refractivity contribution in [2.45, 2.75) is 32.6 Å². The quantitative estimate of drug-likeness (QED) is 0.391. The molecule has 0 saturated heterocycles. The Labute approximate surface area is 172 Å². The molecule has 0 radical (unpaired) electrons. The largest absolute Gasteiger partial charge is 0.396 e. The van der Waals surface area contributed by atoms with Crippen molar-refractivity contribution < 1.29 is 5.11 Å². The predicted octanol–water partition coefficient (Wildman–Crippen LogP) is 6.12. The van der Waals surface area contributed by atoms with E-state index in [1.165, 1.54) is 38.8 Å². The second kappa shape index (κ2) is 9.02. The van der Waals surface area contributed by atoms with Gasteiger partial charge in [0.05, 0.1) is 5.52 Å². The van der Waals surface area contributed by atoms with Crippen molar-refractivity contribution in [3.63, 3.8) is 0 Å². The van der Waals surface area contributed by atoms with Crippen molar-refractivity contribution in [1.29, 1.82) is 0 Å². The minimum absolute atomic E-state index is 0.255. The van der Waals surface area contributed by atoms with E-state index in [-0.39, 0.29) is 6.61 Å². The molecule has 0 atom stereocenters. The zero-order valence-corrected chi connectivity index (χ0v) is 16.9. The number of hydrogen-bond donors (Lipinski definition) is 1. The fraction of sp³-hybridized carbons (Fsp3) is 0.222. The van der Waals surface area contributed by atoms with Crippen LogP contribution in [0.5, 0.6) is 0 Å². The highest BCUT2D eigenvalue weighted by Gasteiger charge is 2.11. The molecule has 2 heteroatoms. The van der Waals surface area contributed by atoms with Crippen molar-refractivity contribution in [2.75, 3.05) is 6.61 Å². The first kappa shape index (κ1) is 19.4. The van der Waals surface area contributed by atoms with Crippen LogP contribution in [-0.4, -0.2) is 16.7 Å². The van der Waals surface area contributed by atoms with E-state index in [0.29, 0.717) is 0 Å². The van der Waals surface area contributed by atoms with Crippen LogP contribution in [0, 0.1) is 6.92 Å². The third kappa shape index (κ3) is 4.23. The molecule has 29 heavy (non-hydrogen) atoms. The van der Waals surface area contributed by atoms with Gasteiger partial charge in [0.2, 0.25) is 0 Å². The summed E-state index contributed by atoms with van der Waals surface area (Å²) in [4.78, 5) is 4.73. The molecule has 2 nitrogen and oxygen atoms in total. The molecule has 0 amide bonds. The van der Waals surface area contributed by atoms with E-state index >= 15 is 0 Å². The number of unbranched alkanes of at least 4 members (excludes halogenated alkanes) is 1. The second-order valence-corrected chi connectivity index (χ2v) is 7.60. The summed E-state index contributed by atoms with van der Waals surface area (Å²) in [5.41, 5.74) is 8.90. The smallest absolute Gasteiger partial charge is 0.0740 e. The van der Waals surface area contributed by atoms with E-state index < -0.39 is 0 Å². The lowest BCUT2D eigenvalue weighted by atomic mass is 9.92. The van der Waals surface area contributed by atoms with Gasteiger partial charge in [-0.25, -0.2) is 0 Å². The standard InChI is InChI=1S/C27H27NO/c1-20-23(12-7-14-25(20)21-9-3-2-4-10-21)19-24-13-8-15-26-22(11-5-6-18-29)16-17-28-27(24)26/h2-4,7-10,12-17,29H,5-6,11,18-19H2,1H3. The average molecular weight is 382 g/mol. The molecule has 1 heterocycles. The van der Waals surface area contributed by atoms with Crippen LogP contribution < -0.4 is 0 Å². The van der Waals surface area contributed by atoms with Gasteiger partial charge in [0.25, 0.3) is 0 Å². The highest BCUT2D eigenvalue weighted by atomic mass is 16.2. The number of fused-ring (bicyclic) bond motifs is 1. The molecule has 0 aliphatic carbocycles. The zero-order chi connectivity index (χ0) is 20.1. The Hall–Kier alpha value is -2.97. The average Bonchev–Trinajstić information content (AvgIpc) is 2.76. The Morgan fingerprint density at radius 3 is 2.38 bits per heavy atom. The zero-order valence-electron chi connectivity index (χ0n) is 16.9. The van der Waals surface area contributed by atoms with Gasteiger partial charge < -0.3 is 5.11 Å². The van der Waals surface area contributed by atoms with E-state index in [1.807, 2.05) is 6.20 Å². The SMILES string of the molecule is Cc1c(Cc2cccc3c(CCCCO)ccnc23)cccc1-c1ccccc1. The summed E-state index contributed by atoms with van der Waals surface area (Å²) in [6.07, 6.45) is 5.61. The molecule has 4 aromatic rings. The first-order valence-corrected chi connectivity index (χ1v) is 10.4. The Balaban J connectivity index is 1.69. The molecule has 0 bridgehead atoms. The van der Waals surface area contributed by atoms with Crippen LogP contribution in [0.3, 0.4) is 0 Å². The molecule has 0 saturated carbocycles. The lowest BCUT2D eigenvalue weighted by molar-refractivity contribution is 0.284. The van der Waals surface area contributed by atoms with E-state index in [0.717, 1.165) is 31.2 Å². The molecule has 0 spiro atoms. The van der Waals surface area contributed by atoms with Crippen LogP contribution in [0.2, 0.25) is 0 Å². The fourth-order valence-electron chi connectivity index (χ4n) is 4.09. The summed E-state index contributed by atoms with van der Waals surface area (Å²) < 4.78 is 0. The van der Waals surface area contributed by atoms with Crippen LogP contribution >= 0.6 is 0 Å². The number of aromatic nitrogens is 1. The molecule has 4 rings (SSSR count). The molecule has 0 aliphatic heterocycles. The van der Waals surface area contributed by atoms with Crippen LogP contribution in [0.15, 0.2) is 79.0 Å². The second-order valence-electron chi connectivity index (χ2n) is 7.60. The number of hydrogen-bond acceptors (Lipinski definition) is 2. The minimum Gasteiger partial charge on any atom is -0.396 e. The van der Waals surface area contributed by atoms with Gasteiger partial charge in [0.1, 0.15) is 0 Å². The van der Waals surface area contributed by atoms with Crippen LogP contribution in [0.1, 0.15) is 35.1 Å². The maximum atomic E-state index is 9.08. The highest BCUT2D eigenvalue weighted by molar-refractivity contribution is 5.85. The number of pyridine rings is 1. The maximum Gasteiger partial charge on any atom is 0.0740 e. The number of aryl methyl sites for hydroxylation is 1. The summed E-state index contributed by atoms with van der Waals surface area (Å²) in [6, 6.07) is 25.8. The van der Waals surface area contributed by atoms with Crippen LogP contribution in [0.4, 0.5) is 0 Å². The Bertz CT molecular complexity index is 1100. The van der Waals surface area contributed by atoms with Gasteiger partial charge in [0, 0.05) is 18.2 Å². The topological polar surface area (TPSA) is 33.1 Å². The molecule has 1 N–H and O–H groups in total. The van der Waals surface area contributed by atoms with Gasteiger partial charge in [-0.2, -0.15) is 0 Å². The summed E-state index contributed by atoms with van der Waals surface area (Å²) >= 11 is 0.